The van der Waals surface area contributed by atoms with Crippen molar-refractivity contribution in [1.82, 2.24) is 5.32 Å². The number of hydrogen-bond acceptors (Lipinski definition) is 5. The van der Waals surface area contributed by atoms with E-state index in [2.05, 4.69) is 24.4 Å². The Morgan fingerprint density at radius 1 is 0.886 bits per heavy atom. The Morgan fingerprint density at radius 2 is 1.69 bits per heavy atom. The van der Waals surface area contributed by atoms with E-state index >= 15 is 0 Å². The third kappa shape index (κ3) is 6.85. The van der Waals surface area contributed by atoms with E-state index in [0.717, 1.165) is 55.2 Å². The number of unbranched alkanes of at least 4 members (excludes halogenated alkanes) is 1. The van der Waals surface area contributed by atoms with Gasteiger partial charge in [0.25, 0.3) is 5.24 Å². The number of rotatable bonds is 11. The zero-order chi connectivity index (χ0) is 24.6. The monoisotopic (exact) mass is 493 g/mol. The molecule has 0 saturated carbocycles. The van der Waals surface area contributed by atoms with E-state index in [1.165, 1.54) is 23.3 Å². The number of hydrogen-bond donors (Lipinski definition) is 1. The summed E-state index contributed by atoms with van der Waals surface area (Å²) in [5.41, 5.74) is 3.33. The van der Waals surface area contributed by atoms with Gasteiger partial charge in [-0.3, -0.25) is 14.9 Å². The summed E-state index contributed by atoms with van der Waals surface area (Å²) in [6, 6.07) is 19.5. The van der Waals surface area contributed by atoms with E-state index in [0.29, 0.717) is 18.1 Å². The lowest BCUT2D eigenvalue weighted by molar-refractivity contribution is -0.119. The van der Waals surface area contributed by atoms with Crippen molar-refractivity contribution in [2.24, 2.45) is 0 Å². The lowest BCUT2D eigenvalue weighted by Gasteiger charge is -2.13. The maximum absolute atomic E-state index is 13.1. The van der Waals surface area contributed by atoms with Crippen LogP contribution < -0.4 is 14.8 Å². The molecule has 2 amide bonds. The van der Waals surface area contributed by atoms with Crippen LogP contribution in [0.25, 0.3) is 0 Å². The highest BCUT2D eigenvalue weighted by Crippen LogP contribution is 2.35. The van der Waals surface area contributed by atoms with Crippen molar-refractivity contribution >= 4 is 22.9 Å². The second-order valence-corrected chi connectivity index (χ2v) is 9.47. The molecule has 1 atom stereocenters. The van der Waals surface area contributed by atoms with E-state index in [-0.39, 0.29) is 17.0 Å². The maximum Gasteiger partial charge on any atom is 0.286 e. The third-order valence-corrected chi connectivity index (χ3v) is 6.74. The second-order valence-electron chi connectivity index (χ2n) is 8.39. The van der Waals surface area contributed by atoms with Gasteiger partial charge in [0.1, 0.15) is 28.3 Å². The summed E-state index contributed by atoms with van der Waals surface area (Å²) in [6.45, 7) is 2.73. The van der Waals surface area contributed by atoms with Gasteiger partial charge in [0.15, 0.2) is 0 Å². The number of amides is 2. The molecule has 1 aliphatic rings. The number of nitrogens with one attached hydrogen (secondary N) is 1. The molecule has 182 valence electrons. The first-order valence-corrected chi connectivity index (χ1v) is 12.7. The Labute approximate surface area is 209 Å². The Bertz CT molecular complexity index is 1180. The van der Waals surface area contributed by atoms with Crippen molar-refractivity contribution < 1.29 is 23.5 Å². The molecule has 1 heterocycles. The van der Waals surface area contributed by atoms with Crippen LogP contribution in [-0.4, -0.2) is 17.8 Å². The zero-order valence-electron chi connectivity index (χ0n) is 19.6. The summed E-state index contributed by atoms with van der Waals surface area (Å²) >= 11 is 0.993. The summed E-state index contributed by atoms with van der Waals surface area (Å²) < 4.78 is 24.9. The fraction of sp³-hybridized carbons (Fsp3) is 0.286. The molecule has 1 fully saturated rings. The summed E-state index contributed by atoms with van der Waals surface area (Å²) in [4.78, 5) is 23.4. The van der Waals surface area contributed by atoms with Crippen molar-refractivity contribution in [2.75, 3.05) is 6.61 Å². The third-order valence-electron chi connectivity index (χ3n) is 5.70. The number of aryl methyl sites for hydroxylation is 2. The minimum absolute atomic E-state index is 0.283. The van der Waals surface area contributed by atoms with Crippen LogP contribution in [0.2, 0.25) is 0 Å². The quantitative estimate of drug-likeness (QED) is 0.292. The molecule has 4 rings (SSSR count). The predicted molar refractivity (Wildman–Crippen MR) is 136 cm³/mol. The smallest absolute Gasteiger partial charge is 0.286 e. The first-order chi connectivity index (χ1) is 17.0. The Hall–Kier alpha value is -3.32. The van der Waals surface area contributed by atoms with Crippen LogP contribution in [0.5, 0.6) is 17.2 Å². The molecule has 1 unspecified atom stereocenters. The first kappa shape index (κ1) is 24.8. The lowest BCUT2D eigenvalue weighted by Crippen LogP contribution is -2.20. The van der Waals surface area contributed by atoms with Gasteiger partial charge in [-0.05, 0) is 103 Å². The Morgan fingerprint density at radius 3 is 2.43 bits per heavy atom. The van der Waals surface area contributed by atoms with Gasteiger partial charge in [0.05, 0.1) is 6.61 Å². The molecule has 0 aromatic heterocycles. The number of carbonyl (C=O) groups excluding carboxylic acids is 2. The minimum atomic E-state index is -0.516. The summed E-state index contributed by atoms with van der Waals surface area (Å²) in [6.07, 6.45) is 4.81. The molecule has 7 heteroatoms. The van der Waals surface area contributed by atoms with Gasteiger partial charge < -0.3 is 9.47 Å². The van der Waals surface area contributed by atoms with Crippen LogP contribution in [0.4, 0.5) is 9.18 Å². The molecule has 0 aliphatic carbocycles. The van der Waals surface area contributed by atoms with Crippen molar-refractivity contribution in [3.8, 4) is 17.2 Å². The van der Waals surface area contributed by atoms with Crippen molar-refractivity contribution in [1.29, 1.82) is 0 Å². The fourth-order valence-electron chi connectivity index (χ4n) is 4.00. The van der Waals surface area contributed by atoms with E-state index < -0.39 is 5.25 Å². The molecule has 1 aliphatic heterocycles. The fourth-order valence-corrected chi connectivity index (χ4v) is 4.82. The van der Waals surface area contributed by atoms with Crippen molar-refractivity contribution in [2.45, 2.75) is 44.3 Å². The molecule has 1 saturated heterocycles. The highest BCUT2D eigenvalue weighted by Gasteiger charge is 2.33. The zero-order valence-corrected chi connectivity index (χ0v) is 20.4. The number of benzene rings is 3. The van der Waals surface area contributed by atoms with Gasteiger partial charge in [0, 0.05) is 0 Å². The lowest BCUT2D eigenvalue weighted by atomic mass is 9.98. The molecule has 1 N–H and O–H groups in total. The first-order valence-electron chi connectivity index (χ1n) is 11.8. The molecular formula is C28H28FNO4S. The normalized spacial score (nSPS) is 15.2. The van der Waals surface area contributed by atoms with Gasteiger partial charge in [-0.1, -0.05) is 31.5 Å². The van der Waals surface area contributed by atoms with Gasteiger partial charge in [0.2, 0.25) is 5.91 Å². The van der Waals surface area contributed by atoms with Crippen LogP contribution in [0, 0.1) is 5.82 Å². The number of imide groups is 1. The highest BCUT2D eigenvalue weighted by molar-refractivity contribution is 8.15. The largest absolute Gasteiger partial charge is 0.494 e. The predicted octanol–water partition coefficient (Wildman–Crippen LogP) is 7.00. The summed E-state index contributed by atoms with van der Waals surface area (Å²) in [5.74, 6) is 1.50. The van der Waals surface area contributed by atoms with Gasteiger partial charge in [-0.25, -0.2) is 4.39 Å². The minimum Gasteiger partial charge on any atom is -0.494 e. The van der Waals surface area contributed by atoms with Gasteiger partial charge >= 0.3 is 0 Å². The average molecular weight is 494 g/mol. The molecule has 3 aromatic carbocycles. The van der Waals surface area contributed by atoms with Crippen LogP contribution in [0.15, 0.2) is 66.7 Å². The maximum atomic E-state index is 13.1. The van der Waals surface area contributed by atoms with Crippen LogP contribution in [0.3, 0.4) is 0 Å². The van der Waals surface area contributed by atoms with Crippen LogP contribution >= 0.6 is 11.8 Å². The highest BCUT2D eigenvalue weighted by atomic mass is 32.2. The molecular weight excluding hydrogens is 465 g/mol. The Kier molecular flexibility index (Phi) is 8.42. The molecule has 0 bridgehead atoms. The van der Waals surface area contributed by atoms with Crippen molar-refractivity contribution in [3.05, 3.63) is 89.2 Å². The van der Waals surface area contributed by atoms with Gasteiger partial charge in [-0.2, -0.15) is 0 Å². The topological polar surface area (TPSA) is 64.6 Å². The molecule has 0 spiro atoms. The van der Waals surface area contributed by atoms with E-state index in [4.69, 9.17) is 9.47 Å². The molecule has 35 heavy (non-hydrogen) atoms. The SMILES string of the molecule is CCCc1cc(Oc2ccc(F)cc2)ccc1CCCCOc1cccc(C2SC(=O)NC2=O)c1. The number of carbonyl (C=O) groups is 2. The number of halogens is 1. The van der Waals surface area contributed by atoms with E-state index in [1.54, 1.807) is 12.1 Å². The van der Waals surface area contributed by atoms with Crippen LogP contribution in [0.1, 0.15) is 48.1 Å². The average Bonchev–Trinajstić information content (AvgIpc) is 3.20. The Balaban J connectivity index is 1.28. The molecule has 3 aromatic rings. The summed E-state index contributed by atoms with van der Waals surface area (Å²) in [7, 11) is 0. The second kappa shape index (κ2) is 11.9. The molecule has 0 radical (unpaired) electrons. The summed E-state index contributed by atoms with van der Waals surface area (Å²) in [5, 5.41) is 1.48. The van der Waals surface area contributed by atoms with E-state index in [1.807, 2.05) is 30.3 Å². The van der Waals surface area contributed by atoms with Crippen LogP contribution in [-0.2, 0) is 17.6 Å². The van der Waals surface area contributed by atoms with Gasteiger partial charge in [-0.15, -0.1) is 0 Å². The number of ether oxygens (including phenoxy) is 2. The molecule has 5 nitrogen and oxygen atoms in total. The number of thioether (sulfide) groups is 1. The van der Waals surface area contributed by atoms with E-state index in [9.17, 15) is 14.0 Å². The standard InChI is InChI=1S/C28H28FNO4S/c1-2-6-20-17-25(34-23-14-11-22(29)12-15-23)13-10-19(20)7-3-4-16-33-24-9-5-8-21(18-24)26-27(31)30-28(32)35-26/h5,8-15,17-18,26H,2-4,6-7,16H2,1H3,(H,30,31,32). The van der Waals surface area contributed by atoms with Crippen molar-refractivity contribution in [3.63, 3.8) is 0 Å².